The number of nitrogens with zero attached hydrogens (tertiary/aromatic N) is 3. The molecule has 2 atom stereocenters. The first kappa shape index (κ1) is 39.9. The number of nitrogens with two attached hydrogens (primary N) is 1. The number of rotatable bonds is 13. The number of carbonyl (C=O) groups excluding carboxylic acids is 4. The number of hydrogen-bond acceptors (Lipinski definition) is 8. The third kappa shape index (κ3) is 9.13. The van der Waals surface area contributed by atoms with Crippen LogP contribution in [0.4, 0.5) is 4.11 Å². The number of hydrogen-bond donors (Lipinski definition) is 4. The Hall–Kier alpha value is -4.87. The van der Waals surface area contributed by atoms with Gasteiger partial charge in [0.1, 0.15) is 17.8 Å². The summed E-state index contributed by atoms with van der Waals surface area (Å²) in [5, 5.41) is 17.4. The number of nitriles is 1. The molecule has 1 fully saturated rings. The van der Waals surface area contributed by atoms with Crippen LogP contribution in [0, 0.1) is 11.3 Å². The van der Waals surface area contributed by atoms with Crippen molar-refractivity contribution in [3.63, 3.8) is 0 Å². The number of benzene rings is 2. The topological polar surface area (TPSA) is 180 Å². The minimum absolute atomic E-state index is 0.0808. The van der Waals surface area contributed by atoms with E-state index in [4.69, 9.17) is 10.5 Å². The molecule has 0 spiro atoms. The van der Waals surface area contributed by atoms with Crippen LogP contribution in [-0.2, 0) is 9.59 Å². The standard InChI is InChI=1S/C38H50FN7O5Si/c1-37(2,3)52(39,38(4,5)6)28-13-10-25(11-14-28)34(48)44-23-31(41)36(50)43-17-8-20-51-27-12-15-32-30(21-27)29(16-18-42-32)35(49)45-24-33(47)46-19-7-9-26(46)22-40/h10-16,18,21,26,31H,7-9,17,19-20,23-24,41H2,1-6H3,(H,43,50)(H,44,48)(H,45,49)/t26-,31+/m0/s1. The van der Waals surface area contributed by atoms with Crippen molar-refractivity contribution in [3.05, 3.63) is 65.9 Å². The van der Waals surface area contributed by atoms with Crippen LogP contribution in [0.1, 0.15) is 81.5 Å². The molecule has 4 amide bonds. The van der Waals surface area contributed by atoms with E-state index in [0.717, 1.165) is 6.42 Å². The van der Waals surface area contributed by atoms with E-state index in [0.29, 0.717) is 52.4 Å². The van der Waals surface area contributed by atoms with E-state index in [1.807, 2.05) is 41.5 Å². The summed E-state index contributed by atoms with van der Waals surface area (Å²) in [6.45, 7) is 12.3. The molecule has 5 N–H and O–H groups in total. The Morgan fingerprint density at radius 3 is 2.37 bits per heavy atom. The Balaban J connectivity index is 1.22. The normalized spacial score (nSPS) is 15.4. The second-order valence-corrected chi connectivity index (χ2v) is 20.0. The molecule has 278 valence electrons. The number of likely N-dealkylation sites (tertiary alicyclic amines) is 1. The number of halogens is 1. The lowest BCUT2D eigenvalue weighted by molar-refractivity contribution is -0.130. The zero-order valence-electron chi connectivity index (χ0n) is 30.8. The van der Waals surface area contributed by atoms with E-state index >= 15 is 4.11 Å². The maximum absolute atomic E-state index is 16.6. The molecular formula is C38H50FN7O5Si. The van der Waals surface area contributed by atoms with Crippen LogP contribution in [0.25, 0.3) is 10.9 Å². The lowest BCUT2D eigenvalue weighted by Gasteiger charge is -2.44. The fourth-order valence-corrected chi connectivity index (χ4v) is 11.4. The second kappa shape index (κ2) is 16.6. The molecule has 0 bridgehead atoms. The van der Waals surface area contributed by atoms with Crippen LogP contribution in [0.2, 0.25) is 10.1 Å². The van der Waals surface area contributed by atoms with E-state index in [2.05, 4.69) is 27.0 Å². The van der Waals surface area contributed by atoms with Crippen LogP contribution in [0.15, 0.2) is 54.7 Å². The predicted octanol–water partition coefficient (Wildman–Crippen LogP) is 3.84. The molecule has 1 aliphatic rings. The van der Waals surface area contributed by atoms with Gasteiger partial charge in [0.05, 0.1) is 30.3 Å². The average molecular weight is 732 g/mol. The molecule has 0 radical (unpaired) electrons. The van der Waals surface area contributed by atoms with E-state index < -0.39 is 48.3 Å². The van der Waals surface area contributed by atoms with Gasteiger partial charge in [0.25, 0.3) is 20.2 Å². The SMILES string of the molecule is CC(C)(C)[Si](F)(c1ccc(C(=O)NC[C@@H](N)C(=O)NCCCOc2ccc3nccc(C(=O)NCC(=O)N4CCC[C@H]4C#N)c3c2)cc1)C(C)(C)C. The minimum Gasteiger partial charge on any atom is -0.494 e. The van der Waals surface area contributed by atoms with Crippen molar-refractivity contribution >= 4 is 48.1 Å². The molecular weight excluding hydrogens is 682 g/mol. The molecule has 12 nitrogen and oxygen atoms in total. The van der Waals surface area contributed by atoms with E-state index in [1.54, 1.807) is 48.5 Å². The molecule has 2 aromatic carbocycles. The van der Waals surface area contributed by atoms with Crippen molar-refractivity contribution in [2.45, 2.75) is 83.0 Å². The molecule has 0 saturated carbocycles. The predicted molar refractivity (Wildman–Crippen MR) is 200 cm³/mol. The molecule has 0 unspecified atom stereocenters. The van der Waals surface area contributed by atoms with Crippen LogP contribution in [-0.4, -0.2) is 86.8 Å². The maximum atomic E-state index is 16.6. The van der Waals surface area contributed by atoms with Gasteiger partial charge in [0.15, 0.2) is 0 Å². The number of ether oxygens (including phenoxy) is 1. The van der Waals surface area contributed by atoms with Crippen molar-refractivity contribution in [2.75, 3.05) is 32.8 Å². The fourth-order valence-electron chi connectivity index (χ4n) is 6.81. The van der Waals surface area contributed by atoms with Crippen LogP contribution in [0.5, 0.6) is 5.75 Å². The van der Waals surface area contributed by atoms with Gasteiger partial charge < -0.3 is 35.4 Å². The lowest BCUT2D eigenvalue weighted by Crippen LogP contribution is -2.57. The minimum atomic E-state index is -3.45. The zero-order chi connectivity index (χ0) is 38.3. The monoisotopic (exact) mass is 731 g/mol. The number of pyridine rings is 1. The number of carbonyl (C=O) groups is 4. The summed E-state index contributed by atoms with van der Waals surface area (Å²) in [5.74, 6) is -1.09. The zero-order valence-corrected chi connectivity index (χ0v) is 31.8. The van der Waals surface area contributed by atoms with Gasteiger partial charge in [-0.2, -0.15) is 5.26 Å². The number of aromatic nitrogens is 1. The molecule has 1 aromatic heterocycles. The van der Waals surface area contributed by atoms with Crippen molar-refractivity contribution < 1.29 is 28.0 Å². The number of amides is 4. The third-order valence-electron chi connectivity index (χ3n) is 9.40. The summed E-state index contributed by atoms with van der Waals surface area (Å²) in [5.41, 5.74) is 7.28. The summed E-state index contributed by atoms with van der Waals surface area (Å²) < 4.78 is 22.4. The molecule has 1 saturated heterocycles. The second-order valence-electron chi connectivity index (χ2n) is 15.1. The highest BCUT2D eigenvalue weighted by Gasteiger charge is 2.56. The van der Waals surface area contributed by atoms with Gasteiger partial charge in [-0.3, -0.25) is 24.2 Å². The molecule has 0 aliphatic carbocycles. The Kier molecular flexibility index (Phi) is 12.8. The van der Waals surface area contributed by atoms with Gasteiger partial charge in [-0.15, -0.1) is 0 Å². The van der Waals surface area contributed by atoms with Gasteiger partial charge in [-0.05, 0) is 70.9 Å². The van der Waals surface area contributed by atoms with Crippen LogP contribution < -0.4 is 31.6 Å². The third-order valence-corrected chi connectivity index (χ3v) is 14.7. The van der Waals surface area contributed by atoms with Crippen molar-refractivity contribution in [2.24, 2.45) is 5.73 Å². The molecule has 52 heavy (non-hydrogen) atoms. The number of fused-ring (bicyclic) bond motifs is 1. The van der Waals surface area contributed by atoms with Gasteiger partial charge in [0.2, 0.25) is 11.8 Å². The van der Waals surface area contributed by atoms with E-state index in [1.165, 1.54) is 11.1 Å². The number of nitrogens with one attached hydrogen (secondary N) is 3. The molecule has 3 aromatic rings. The van der Waals surface area contributed by atoms with Gasteiger partial charge in [-0.1, -0.05) is 53.7 Å². The highest BCUT2D eigenvalue weighted by atomic mass is 28.4. The maximum Gasteiger partial charge on any atom is 0.288 e. The van der Waals surface area contributed by atoms with Gasteiger partial charge >= 0.3 is 0 Å². The smallest absolute Gasteiger partial charge is 0.288 e. The lowest BCUT2D eigenvalue weighted by atomic mass is 10.1. The quantitative estimate of drug-likeness (QED) is 0.116. The molecule has 4 rings (SSSR count). The van der Waals surface area contributed by atoms with Gasteiger partial charge in [0, 0.05) is 36.8 Å². The Bertz CT molecular complexity index is 1800. The highest BCUT2D eigenvalue weighted by Crippen LogP contribution is 2.51. The summed E-state index contributed by atoms with van der Waals surface area (Å²) in [6.07, 6.45) is 3.36. The Morgan fingerprint density at radius 2 is 1.71 bits per heavy atom. The average Bonchev–Trinajstić information content (AvgIpc) is 3.60. The molecule has 1 aliphatic heterocycles. The van der Waals surface area contributed by atoms with Crippen LogP contribution >= 0.6 is 0 Å². The first-order chi connectivity index (χ1) is 24.5. The van der Waals surface area contributed by atoms with Crippen LogP contribution in [0.3, 0.4) is 0 Å². The molecule has 2 heterocycles. The Morgan fingerprint density at radius 1 is 1.02 bits per heavy atom. The van der Waals surface area contributed by atoms with Crippen molar-refractivity contribution in [1.82, 2.24) is 25.8 Å². The highest BCUT2D eigenvalue weighted by molar-refractivity contribution is 6.90. The fraction of sp³-hybridized carbons (Fsp3) is 0.474. The summed E-state index contributed by atoms with van der Waals surface area (Å²) in [7, 11) is -3.45. The summed E-state index contributed by atoms with van der Waals surface area (Å²) >= 11 is 0. The summed E-state index contributed by atoms with van der Waals surface area (Å²) in [6, 6.07) is 14.0. The first-order valence-electron chi connectivity index (χ1n) is 17.6. The largest absolute Gasteiger partial charge is 0.494 e. The van der Waals surface area contributed by atoms with E-state index in [-0.39, 0.29) is 32.1 Å². The van der Waals surface area contributed by atoms with Crippen molar-refractivity contribution in [3.8, 4) is 11.8 Å². The first-order valence-corrected chi connectivity index (χ1v) is 19.5. The van der Waals surface area contributed by atoms with Crippen molar-refractivity contribution in [1.29, 1.82) is 5.26 Å². The summed E-state index contributed by atoms with van der Waals surface area (Å²) in [4.78, 5) is 56.8. The molecule has 14 heteroatoms. The Labute approximate surface area is 305 Å². The van der Waals surface area contributed by atoms with E-state index in [9.17, 15) is 24.4 Å². The van der Waals surface area contributed by atoms with Gasteiger partial charge in [-0.25, -0.2) is 0 Å².